The number of phenols is 1. The summed E-state index contributed by atoms with van der Waals surface area (Å²) in [6, 6.07) is 74.6. The largest absolute Gasteiger partial charge is 1.00 e. The Kier molecular flexibility index (Phi) is 24.9. The summed E-state index contributed by atoms with van der Waals surface area (Å²) >= 11 is 0. The number of carboxylic acid groups (broad SMARTS) is 1. The molecule has 7 nitrogen and oxygen atoms in total. The van der Waals surface area contributed by atoms with Gasteiger partial charge in [-0.1, -0.05) is 217 Å². The second-order valence-corrected chi connectivity index (χ2v) is 32.3. The van der Waals surface area contributed by atoms with Crippen LogP contribution in [0.25, 0.3) is 0 Å². The Balaban J connectivity index is 0.000000289. The Morgan fingerprint density at radius 1 is 0.477 bits per heavy atom. The maximum Gasteiger partial charge on any atom is 0.301 e. The van der Waals surface area contributed by atoms with Crippen molar-refractivity contribution >= 4 is 64.3 Å². The molecule has 0 spiro atoms. The molecule has 0 bridgehead atoms. The van der Waals surface area contributed by atoms with Gasteiger partial charge in [0.1, 0.15) is 11.5 Å². The number of benzene rings is 8. The molecule has 1 radical (unpaired) electrons. The van der Waals surface area contributed by atoms with Gasteiger partial charge in [-0.2, -0.15) is 0 Å². The number of nitrogens with zero attached hydrogens (tertiary/aromatic N) is 3. The molecule has 1 fully saturated rings. The van der Waals surface area contributed by atoms with Gasteiger partial charge in [-0.05, 0) is 131 Å². The number of ether oxygens (including phenoxy) is 1. The fraction of sp³-hybridized carbons (Fsp3) is 0.320. The SMILES string of the molecule is CC(=O)O.COc1c(C=NC2CCCCC2N=Cc2cc(C(C)(C)C)cc(C(C)(C)C)c2O)cc(C(C)(C)C)cc1C(C)(C)C.[Cl-].[Co].c1ccc(P(=[N+]=P(c2ccccc2)(c2ccccc2)c2ccccc2)(c2ccccc2)c2ccccc2)cc1. The minimum atomic E-state index is -2.50. The Labute approximate surface area is 531 Å². The first-order chi connectivity index (χ1) is 39.8. The molecule has 0 saturated heterocycles. The van der Waals surface area contributed by atoms with Crippen LogP contribution >= 0.6 is 14.1 Å². The number of hydrogen-bond donors (Lipinski definition) is 2. The van der Waals surface area contributed by atoms with E-state index in [2.05, 4.69) is 289 Å². The van der Waals surface area contributed by atoms with Gasteiger partial charge in [0.15, 0.2) is 0 Å². The van der Waals surface area contributed by atoms with Crippen LogP contribution in [-0.4, -0.2) is 47.8 Å². The van der Waals surface area contributed by atoms with Crippen molar-refractivity contribution in [2.45, 2.75) is 149 Å². The summed E-state index contributed by atoms with van der Waals surface area (Å²) < 4.78 is 12.4. The predicted octanol–water partition coefficient (Wildman–Crippen LogP) is 12.9. The average molecular weight is 1250 g/mol. The molecule has 2 unspecified atom stereocenters. The Hall–Kier alpha value is -6.46. The molecule has 2 N–H and O–H groups in total. The van der Waals surface area contributed by atoms with E-state index in [1.165, 1.54) is 48.5 Å². The Morgan fingerprint density at radius 3 is 1.01 bits per heavy atom. The van der Waals surface area contributed by atoms with Crippen LogP contribution < -0.4 is 53.1 Å². The quantitative estimate of drug-likeness (QED) is 0.0764. The van der Waals surface area contributed by atoms with Crippen LogP contribution in [0.4, 0.5) is 0 Å². The number of carbonyl (C=O) groups is 1. The van der Waals surface area contributed by atoms with Crippen molar-refractivity contribution in [3.8, 4) is 11.5 Å². The zero-order chi connectivity index (χ0) is 60.9. The number of phenolic OH excluding ortho intramolecular Hbond substituents is 1. The molecule has 1 aliphatic rings. The van der Waals surface area contributed by atoms with Crippen LogP contribution in [0.1, 0.15) is 149 Å². The monoisotopic (exact) mass is 1250 g/mol. The van der Waals surface area contributed by atoms with E-state index < -0.39 is 20.1 Å². The topological polar surface area (TPSA) is 106 Å². The molecule has 2 atom stereocenters. The molecular formula is C75H90ClCoN3O4P2. The van der Waals surface area contributed by atoms with E-state index >= 15 is 0 Å². The molecule has 86 heavy (non-hydrogen) atoms. The molecule has 0 heterocycles. The number of methoxy groups -OCH3 is 1. The number of rotatable bonds is 11. The molecular weight excluding hydrogens is 1160 g/mol. The van der Waals surface area contributed by atoms with Gasteiger partial charge in [0.2, 0.25) is 0 Å². The van der Waals surface area contributed by atoms with Crippen molar-refractivity contribution in [3.63, 3.8) is 0 Å². The minimum Gasteiger partial charge on any atom is -1.00 e. The van der Waals surface area contributed by atoms with Gasteiger partial charge >= 0.3 is 14.1 Å². The fourth-order valence-corrected chi connectivity index (χ4v) is 20.3. The van der Waals surface area contributed by atoms with E-state index in [1.54, 1.807) is 7.11 Å². The van der Waals surface area contributed by atoms with Crippen LogP contribution in [0.3, 0.4) is 0 Å². The first-order valence-corrected chi connectivity index (χ1v) is 33.0. The van der Waals surface area contributed by atoms with Gasteiger partial charge in [-0.3, -0.25) is 14.8 Å². The number of aromatic hydroxyl groups is 1. The third kappa shape index (κ3) is 17.2. The second-order valence-electron chi connectivity index (χ2n) is 26.0. The van der Waals surface area contributed by atoms with Crippen LogP contribution in [0, 0.1) is 0 Å². The third-order valence-electron chi connectivity index (χ3n) is 15.4. The third-order valence-corrected chi connectivity index (χ3v) is 23.8. The zero-order valence-electron chi connectivity index (χ0n) is 52.9. The van der Waals surface area contributed by atoms with Gasteiger partial charge in [0, 0.05) is 58.4 Å². The van der Waals surface area contributed by atoms with Gasteiger partial charge in [0.05, 0.1) is 51.0 Å². The molecule has 11 heteroatoms. The second kappa shape index (κ2) is 30.4. The molecule has 1 saturated carbocycles. The van der Waals surface area contributed by atoms with Gasteiger partial charge in [0.25, 0.3) is 5.97 Å². The molecule has 9 rings (SSSR count). The first kappa shape index (κ1) is 70.3. The summed E-state index contributed by atoms with van der Waals surface area (Å²) in [5.74, 6) is 0.410. The number of aliphatic imine (C=N–C) groups is 2. The Bertz CT molecular complexity index is 3300. The van der Waals surface area contributed by atoms with Gasteiger partial charge < -0.3 is 27.4 Å². The van der Waals surface area contributed by atoms with Crippen molar-refractivity contribution < 1.29 is 48.9 Å². The number of aliphatic carboxylic acids is 1. The number of halogens is 1. The van der Waals surface area contributed by atoms with Gasteiger partial charge in [-0.15, -0.1) is 4.17 Å². The fourth-order valence-electron chi connectivity index (χ4n) is 10.8. The van der Waals surface area contributed by atoms with E-state index in [0.29, 0.717) is 5.75 Å². The van der Waals surface area contributed by atoms with Crippen molar-refractivity contribution in [2.75, 3.05) is 7.11 Å². The van der Waals surface area contributed by atoms with E-state index in [-0.39, 0.29) is 62.9 Å². The number of hydrogen-bond acceptors (Lipinski definition) is 5. The van der Waals surface area contributed by atoms with E-state index in [1.807, 2.05) is 12.4 Å². The van der Waals surface area contributed by atoms with Gasteiger partial charge in [-0.25, -0.2) is 0 Å². The van der Waals surface area contributed by atoms with Crippen molar-refractivity contribution in [2.24, 2.45) is 9.98 Å². The van der Waals surface area contributed by atoms with Crippen LogP contribution in [0.2, 0.25) is 0 Å². The van der Waals surface area contributed by atoms with E-state index in [9.17, 15) is 5.11 Å². The summed E-state index contributed by atoms with van der Waals surface area (Å²) in [5, 5.41) is 26.2. The van der Waals surface area contributed by atoms with Crippen molar-refractivity contribution in [1.82, 2.24) is 4.17 Å². The summed E-state index contributed by atoms with van der Waals surface area (Å²) in [6.07, 6.45) is 8.23. The van der Waals surface area contributed by atoms with Crippen molar-refractivity contribution in [3.05, 3.63) is 240 Å². The molecule has 8 aromatic rings. The molecule has 0 aromatic heterocycles. The normalized spacial score (nSPS) is 14.7. The minimum absolute atomic E-state index is 0. The van der Waals surface area contributed by atoms with Crippen molar-refractivity contribution in [1.29, 1.82) is 0 Å². The molecule has 455 valence electrons. The summed E-state index contributed by atoms with van der Waals surface area (Å²) in [6.45, 7) is 27.6. The standard InChI is InChI=1S/C37H56N2O2.C36H30NP2.C2H4O2.ClH.Co/c1-34(2,3)26-18-24(32(40)28(20-26)36(7,8)9)22-38-30-16-14-15-17-31(30)39-23-25-19-27(35(4,5)6)21-29(33(25)41-13)37(10,11)12;1-7-19-31(20-8-1)38(32-21-9-2-10-22-32,33-23-11-3-12-24-33)37-39(34-25-13-4-14-26-34,35-27-15-5-16-28-35)36-29-17-6-18-30-36;1-2(3)4;;/h18-23,30-31,40H,14-17H2,1-13H3;1-30H;1H3,(H,3,4);1H;/q;+1;;;/p-1. The van der Waals surface area contributed by atoms with Crippen LogP contribution in [-0.2, 0) is 43.2 Å². The van der Waals surface area contributed by atoms with Crippen LogP contribution in [0.15, 0.2) is 216 Å². The average Bonchev–Trinajstić information content (AvgIpc) is 0.790. The Morgan fingerprint density at radius 2 is 0.744 bits per heavy atom. The maximum absolute atomic E-state index is 11.3. The smallest absolute Gasteiger partial charge is 0.301 e. The summed E-state index contributed by atoms with van der Waals surface area (Å²) in [7, 11) is -3.23. The molecule has 1 aliphatic carbocycles. The summed E-state index contributed by atoms with van der Waals surface area (Å²) in [5.41, 5.74) is 6.25. The van der Waals surface area contributed by atoms with Crippen LogP contribution in [0.5, 0.6) is 11.5 Å². The first-order valence-electron chi connectivity index (χ1n) is 29.5. The zero-order valence-corrected chi connectivity index (χ0v) is 56.5. The molecule has 0 amide bonds. The molecule has 0 aliphatic heterocycles. The van der Waals surface area contributed by atoms with E-state index in [0.717, 1.165) is 55.0 Å². The maximum atomic E-state index is 11.3. The predicted molar refractivity (Wildman–Crippen MR) is 363 cm³/mol. The summed E-state index contributed by atoms with van der Waals surface area (Å²) in [4.78, 5) is 19.2. The molecule has 8 aromatic carbocycles. The number of carboxylic acids is 1. The van der Waals surface area contributed by atoms with E-state index in [4.69, 9.17) is 28.8 Å².